The lowest BCUT2D eigenvalue weighted by Gasteiger charge is -2.36. The fraction of sp³-hybridized carbons (Fsp3) is 0.500. The maximum absolute atomic E-state index is 12.7. The van der Waals surface area contributed by atoms with Crippen LogP contribution in [0.2, 0.25) is 5.02 Å². The van der Waals surface area contributed by atoms with Crippen LogP contribution in [0.15, 0.2) is 24.7 Å². The zero-order valence-electron chi connectivity index (χ0n) is 12.5. The molecule has 6 heteroatoms. The molecule has 2 fully saturated rings. The van der Waals surface area contributed by atoms with Crippen LogP contribution in [0.25, 0.3) is 5.65 Å². The van der Waals surface area contributed by atoms with Gasteiger partial charge >= 0.3 is 0 Å². The Kier molecular flexibility index (Phi) is 3.35. The molecule has 0 spiro atoms. The number of pyridine rings is 1. The first kappa shape index (κ1) is 14.0. The van der Waals surface area contributed by atoms with Crippen molar-refractivity contribution in [3.05, 3.63) is 35.2 Å². The Morgan fingerprint density at radius 3 is 2.82 bits per heavy atom. The van der Waals surface area contributed by atoms with Gasteiger partial charge in [0.25, 0.3) is 5.91 Å². The van der Waals surface area contributed by atoms with Crippen molar-refractivity contribution in [2.45, 2.75) is 43.8 Å². The molecule has 1 amide bonds. The molecule has 0 aromatic carbocycles. The van der Waals surface area contributed by atoms with E-state index in [1.165, 1.54) is 12.8 Å². The summed E-state index contributed by atoms with van der Waals surface area (Å²) in [5.41, 5.74) is 1.20. The Hall–Kier alpha value is -1.59. The summed E-state index contributed by atoms with van der Waals surface area (Å²) in [6.07, 6.45) is 9.79. The van der Waals surface area contributed by atoms with E-state index in [0.29, 0.717) is 28.3 Å². The van der Waals surface area contributed by atoms with Gasteiger partial charge in [-0.3, -0.25) is 4.79 Å². The van der Waals surface area contributed by atoms with Crippen LogP contribution < -0.4 is 5.32 Å². The predicted molar refractivity (Wildman–Crippen MR) is 85.3 cm³/mol. The zero-order chi connectivity index (χ0) is 15.3. The van der Waals surface area contributed by atoms with Crippen molar-refractivity contribution < 1.29 is 4.79 Å². The summed E-state index contributed by atoms with van der Waals surface area (Å²) in [6.45, 7) is 0. The summed E-state index contributed by atoms with van der Waals surface area (Å²) in [4.78, 5) is 19.4. The third kappa shape index (κ3) is 2.29. The van der Waals surface area contributed by atoms with Crippen molar-refractivity contribution in [2.24, 2.45) is 0 Å². The number of aromatic nitrogens is 2. The number of fused-ring (bicyclic) bond motifs is 3. The van der Waals surface area contributed by atoms with E-state index in [1.54, 1.807) is 29.1 Å². The molecule has 2 bridgehead atoms. The van der Waals surface area contributed by atoms with Crippen molar-refractivity contribution in [3.8, 4) is 0 Å². The molecule has 5 nitrogen and oxygen atoms in total. The van der Waals surface area contributed by atoms with Crippen LogP contribution in [0.4, 0.5) is 0 Å². The van der Waals surface area contributed by atoms with Crippen molar-refractivity contribution in [2.75, 3.05) is 7.05 Å². The van der Waals surface area contributed by atoms with E-state index in [-0.39, 0.29) is 11.9 Å². The minimum atomic E-state index is -0.0762. The molecule has 0 aliphatic carbocycles. The summed E-state index contributed by atoms with van der Waals surface area (Å²) < 4.78 is 1.79. The SMILES string of the molecule is CN1C2CCC1CC(NC(=O)c1cc(Cl)cn3ccnc13)C2. The second-order valence-corrected chi connectivity index (χ2v) is 6.86. The second-order valence-electron chi connectivity index (χ2n) is 6.42. The van der Waals surface area contributed by atoms with Crippen LogP contribution in [0.3, 0.4) is 0 Å². The van der Waals surface area contributed by atoms with Gasteiger partial charge in [0, 0.05) is 36.7 Å². The number of hydrogen-bond donors (Lipinski definition) is 1. The Morgan fingerprint density at radius 1 is 1.36 bits per heavy atom. The molecule has 2 aromatic rings. The number of nitrogens with one attached hydrogen (secondary N) is 1. The largest absolute Gasteiger partial charge is 0.349 e. The molecule has 2 aliphatic heterocycles. The van der Waals surface area contributed by atoms with Crippen molar-refractivity contribution in [1.29, 1.82) is 0 Å². The normalized spacial score (nSPS) is 28.2. The van der Waals surface area contributed by atoms with Gasteiger partial charge in [-0.2, -0.15) is 0 Å². The van der Waals surface area contributed by atoms with Gasteiger partial charge in [-0.15, -0.1) is 0 Å². The van der Waals surface area contributed by atoms with E-state index < -0.39 is 0 Å². The lowest BCUT2D eigenvalue weighted by Crippen LogP contribution is -2.48. The van der Waals surface area contributed by atoms with Gasteiger partial charge in [0.15, 0.2) is 0 Å². The highest BCUT2D eigenvalue weighted by molar-refractivity contribution is 6.31. The number of nitrogens with zero attached hydrogens (tertiary/aromatic N) is 3. The smallest absolute Gasteiger partial charge is 0.255 e. The standard InChI is InChI=1S/C16H19ClN4O/c1-20-12-2-3-13(20)8-11(7-12)19-16(22)14-6-10(17)9-21-5-4-18-15(14)21/h4-6,9,11-13H,2-3,7-8H2,1H3,(H,19,22). The van der Waals surface area contributed by atoms with Crippen LogP contribution >= 0.6 is 11.6 Å². The van der Waals surface area contributed by atoms with Crippen LogP contribution in [0.1, 0.15) is 36.0 Å². The average molecular weight is 319 g/mol. The number of halogens is 1. The highest BCUT2D eigenvalue weighted by Gasteiger charge is 2.38. The third-order valence-electron chi connectivity index (χ3n) is 5.13. The minimum Gasteiger partial charge on any atom is -0.349 e. The van der Waals surface area contributed by atoms with Gasteiger partial charge in [0.2, 0.25) is 0 Å². The Balaban J connectivity index is 1.56. The number of piperidine rings is 1. The molecule has 2 aliphatic rings. The Morgan fingerprint density at radius 2 is 2.09 bits per heavy atom. The molecular formula is C16H19ClN4O. The van der Waals surface area contributed by atoms with Gasteiger partial charge in [-0.05, 0) is 38.8 Å². The molecule has 4 heterocycles. The molecule has 2 atom stereocenters. The van der Waals surface area contributed by atoms with Crippen molar-refractivity contribution in [1.82, 2.24) is 19.6 Å². The fourth-order valence-electron chi connectivity index (χ4n) is 3.96. The number of carbonyl (C=O) groups is 1. The fourth-order valence-corrected chi connectivity index (χ4v) is 4.17. The maximum atomic E-state index is 12.7. The molecule has 0 saturated carbocycles. The summed E-state index contributed by atoms with van der Waals surface area (Å²) in [6, 6.07) is 3.16. The monoisotopic (exact) mass is 318 g/mol. The number of carbonyl (C=O) groups excluding carboxylic acids is 1. The third-order valence-corrected chi connectivity index (χ3v) is 5.34. The average Bonchev–Trinajstić information content (AvgIpc) is 3.00. The summed E-state index contributed by atoms with van der Waals surface area (Å²) in [5.74, 6) is -0.0762. The van der Waals surface area contributed by atoms with Crippen LogP contribution in [-0.2, 0) is 0 Å². The van der Waals surface area contributed by atoms with Crippen molar-refractivity contribution in [3.63, 3.8) is 0 Å². The first-order chi connectivity index (χ1) is 10.6. The van der Waals surface area contributed by atoms with Crippen LogP contribution in [0, 0.1) is 0 Å². The van der Waals surface area contributed by atoms with Crippen LogP contribution in [0.5, 0.6) is 0 Å². The first-order valence-electron chi connectivity index (χ1n) is 7.77. The van der Waals surface area contributed by atoms with E-state index in [2.05, 4.69) is 22.2 Å². The molecule has 2 aromatic heterocycles. The molecule has 22 heavy (non-hydrogen) atoms. The Labute approximate surface area is 134 Å². The van der Waals surface area contributed by atoms with E-state index in [0.717, 1.165) is 12.8 Å². The van der Waals surface area contributed by atoms with Gasteiger partial charge < -0.3 is 14.6 Å². The highest BCUT2D eigenvalue weighted by Crippen LogP contribution is 2.34. The zero-order valence-corrected chi connectivity index (χ0v) is 13.3. The van der Waals surface area contributed by atoms with Crippen LogP contribution in [-0.4, -0.2) is 45.4 Å². The second kappa shape index (κ2) is 5.25. The minimum absolute atomic E-state index is 0.0762. The Bertz CT molecular complexity index is 714. The molecule has 1 N–H and O–H groups in total. The van der Waals surface area contributed by atoms with Crippen molar-refractivity contribution >= 4 is 23.2 Å². The van der Waals surface area contributed by atoms with E-state index in [9.17, 15) is 4.79 Å². The highest BCUT2D eigenvalue weighted by atomic mass is 35.5. The topological polar surface area (TPSA) is 49.6 Å². The molecule has 2 saturated heterocycles. The van der Waals surface area contributed by atoms with E-state index in [4.69, 9.17) is 11.6 Å². The van der Waals surface area contributed by atoms with Gasteiger partial charge in [0.1, 0.15) is 5.65 Å². The molecular weight excluding hydrogens is 300 g/mol. The summed E-state index contributed by atoms with van der Waals surface area (Å²) in [7, 11) is 2.20. The van der Waals surface area contributed by atoms with Gasteiger partial charge in [-0.25, -0.2) is 4.98 Å². The maximum Gasteiger partial charge on any atom is 0.255 e. The molecule has 2 unspecified atom stereocenters. The predicted octanol–water partition coefficient (Wildman–Crippen LogP) is 2.34. The molecule has 4 rings (SSSR count). The number of imidazole rings is 1. The molecule has 116 valence electrons. The summed E-state index contributed by atoms with van der Waals surface area (Å²) in [5, 5.41) is 3.73. The number of hydrogen-bond acceptors (Lipinski definition) is 3. The number of rotatable bonds is 2. The van der Waals surface area contributed by atoms with E-state index >= 15 is 0 Å². The quantitative estimate of drug-likeness (QED) is 0.924. The van der Waals surface area contributed by atoms with Gasteiger partial charge in [0.05, 0.1) is 10.6 Å². The number of amides is 1. The summed E-state index contributed by atoms with van der Waals surface area (Å²) >= 11 is 6.11. The first-order valence-corrected chi connectivity index (χ1v) is 8.14. The lowest BCUT2D eigenvalue weighted by atomic mass is 9.97. The molecule has 0 radical (unpaired) electrons. The van der Waals surface area contributed by atoms with Gasteiger partial charge in [-0.1, -0.05) is 11.6 Å². The lowest BCUT2D eigenvalue weighted by molar-refractivity contribution is 0.0883. The van der Waals surface area contributed by atoms with E-state index in [1.807, 2.05) is 0 Å².